The first-order valence-electron chi connectivity index (χ1n) is 4.50. The van der Waals surface area contributed by atoms with Gasteiger partial charge in [0.2, 0.25) is 0 Å². The van der Waals surface area contributed by atoms with Crippen molar-refractivity contribution in [2.24, 2.45) is 0 Å². The molecule has 13 heavy (non-hydrogen) atoms. The average Bonchev–Trinajstić information content (AvgIpc) is 2.54. The number of nitrogens with zero attached hydrogens (tertiary/aromatic N) is 1. The highest BCUT2D eigenvalue weighted by Crippen LogP contribution is 2.20. The Labute approximate surface area is 78.5 Å². The van der Waals surface area contributed by atoms with Gasteiger partial charge in [-0.1, -0.05) is 0 Å². The van der Waals surface area contributed by atoms with Crippen molar-refractivity contribution in [2.45, 2.75) is 31.8 Å². The Balaban J connectivity index is 2.64. The van der Waals surface area contributed by atoms with Crippen LogP contribution in [0, 0.1) is 0 Å². The van der Waals surface area contributed by atoms with Crippen molar-refractivity contribution in [3.63, 3.8) is 0 Å². The summed E-state index contributed by atoms with van der Waals surface area (Å²) in [6.45, 7) is 4.82. The molecule has 1 unspecified atom stereocenters. The minimum absolute atomic E-state index is 0.242. The van der Waals surface area contributed by atoms with Crippen molar-refractivity contribution >= 4 is 5.97 Å². The van der Waals surface area contributed by atoms with Crippen LogP contribution in [0.15, 0.2) is 0 Å². The minimum Gasteiger partial charge on any atom is -0.480 e. The highest BCUT2D eigenvalue weighted by molar-refractivity contribution is 5.77. The summed E-state index contributed by atoms with van der Waals surface area (Å²) >= 11 is 0. The van der Waals surface area contributed by atoms with Crippen molar-refractivity contribution in [3.8, 4) is 0 Å². The summed E-state index contributed by atoms with van der Waals surface area (Å²) in [5, 5.41) is 8.99. The molecule has 76 valence electrons. The molecule has 0 aromatic rings. The van der Waals surface area contributed by atoms with Crippen molar-refractivity contribution in [1.29, 1.82) is 0 Å². The Morgan fingerprint density at radius 1 is 1.62 bits per heavy atom. The molecule has 1 heterocycles. The quantitative estimate of drug-likeness (QED) is 0.701. The van der Waals surface area contributed by atoms with Crippen molar-refractivity contribution in [1.82, 2.24) is 4.90 Å². The lowest BCUT2D eigenvalue weighted by molar-refractivity contribution is -0.149. The van der Waals surface area contributed by atoms with Crippen molar-refractivity contribution < 1.29 is 14.6 Å². The highest BCUT2D eigenvalue weighted by Gasteiger charge is 2.37. The lowest BCUT2D eigenvalue weighted by atomic mass is 10.0. The monoisotopic (exact) mass is 187 g/mol. The topological polar surface area (TPSA) is 49.8 Å². The number of carboxylic acid groups (broad SMARTS) is 1. The van der Waals surface area contributed by atoms with Crippen LogP contribution >= 0.6 is 0 Å². The SMILES string of the molecule is CN(C1CCOC1)C(C)(C)C(=O)O. The molecule has 4 heteroatoms. The van der Waals surface area contributed by atoms with E-state index in [1.165, 1.54) is 0 Å². The van der Waals surface area contributed by atoms with Crippen LogP contribution in [0.5, 0.6) is 0 Å². The zero-order valence-corrected chi connectivity index (χ0v) is 8.41. The van der Waals surface area contributed by atoms with E-state index >= 15 is 0 Å². The van der Waals surface area contributed by atoms with Gasteiger partial charge in [-0.05, 0) is 27.3 Å². The third kappa shape index (κ3) is 2.00. The van der Waals surface area contributed by atoms with Crippen LogP contribution in [0.2, 0.25) is 0 Å². The zero-order valence-electron chi connectivity index (χ0n) is 8.41. The first-order chi connectivity index (χ1) is 5.96. The molecule has 1 N–H and O–H groups in total. The molecule has 0 aliphatic carbocycles. The fraction of sp³-hybridized carbons (Fsp3) is 0.889. The summed E-state index contributed by atoms with van der Waals surface area (Å²) in [7, 11) is 1.84. The number of carboxylic acids is 1. The molecule has 1 atom stereocenters. The fourth-order valence-electron chi connectivity index (χ4n) is 1.43. The van der Waals surface area contributed by atoms with E-state index in [9.17, 15) is 4.79 Å². The van der Waals surface area contributed by atoms with Crippen LogP contribution in [0.3, 0.4) is 0 Å². The number of rotatable bonds is 3. The van der Waals surface area contributed by atoms with Gasteiger partial charge in [0.1, 0.15) is 5.54 Å². The minimum atomic E-state index is -0.807. The zero-order chi connectivity index (χ0) is 10.1. The second-order valence-corrected chi connectivity index (χ2v) is 3.99. The predicted molar refractivity (Wildman–Crippen MR) is 48.7 cm³/mol. The molecule has 1 aliphatic rings. The molecule has 1 fully saturated rings. The largest absolute Gasteiger partial charge is 0.480 e. The highest BCUT2D eigenvalue weighted by atomic mass is 16.5. The maximum absolute atomic E-state index is 10.9. The second kappa shape index (κ2) is 3.64. The number of hydrogen-bond acceptors (Lipinski definition) is 3. The van der Waals surface area contributed by atoms with Gasteiger partial charge in [0.05, 0.1) is 6.61 Å². The number of ether oxygens (including phenoxy) is 1. The van der Waals surface area contributed by atoms with E-state index in [1.54, 1.807) is 13.8 Å². The third-order valence-corrected chi connectivity index (χ3v) is 2.86. The summed E-state index contributed by atoms with van der Waals surface area (Å²) in [6.07, 6.45) is 0.924. The van der Waals surface area contributed by atoms with E-state index in [-0.39, 0.29) is 6.04 Å². The normalized spacial score (nSPS) is 23.8. The van der Waals surface area contributed by atoms with E-state index < -0.39 is 11.5 Å². The summed E-state index contributed by atoms with van der Waals surface area (Å²) in [4.78, 5) is 12.8. The first-order valence-corrected chi connectivity index (χ1v) is 4.50. The Morgan fingerprint density at radius 3 is 2.62 bits per heavy atom. The predicted octanol–water partition coefficient (Wildman–Crippen LogP) is 0.570. The molecule has 0 aromatic carbocycles. The van der Waals surface area contributed by atoms with Crippen LogP contribution in [0.25, 0.3) is 0 Å². The number of carbonyl (C=O) groups is 1. The number of hydrogen-bond donors (Lipinski definition) is 1. The van der Waals surface area contributed by atoms with Crippen LogP contribution in [0.1, 0.15) is 20.3 Å². The van der Waals surface area contributed by atoms with Gasteiger partial charge in [0.15, 0.2) is 0 Å². The van der Waals surface area contributed by atoms with E-state index in [1.807, 2.05) is 11.9 Å². The van der Waals surface area contributed by atoms with Gasteiger partial charge in [0, 0.05) is 12.6 Å². The van der Waals surface area contributed by atoms with Gasteiger partial charge in [-0.2, -0.15) is 0 Å². The van der Waals surface area contributed by atoms with Gasteiger partial charge in [-0.3, -0.25) is 9.69 Å². The van der Waals surface area contributed by atoms with Gasteiger partial charge < -0.3 is 9.84 Å². The molecule has 0 saturated carbocycles. The van der Waals surface area contributed by atoms with E-state index in [0.717, 1.165) is 13.0 Å². The maximum atomic E-state index is 10.9. The number of likely N-dealkylation sites (N-methyl/N-ethyl adjacent to an activating group) is 1. The van der Waals surface area contributed by atoms with Crippen LogP contribution in [-0.2, 0) is 9.53 Å². The Kier molecular flexibility index (Phi) is 2.93. The molecule has 1 saturated heterocycles. The molecule has 1 aliphatic heterocycles. The summed E-state index contributed by atoms with van der Waals surface area (Å²) < 4.78 is 5.22. The van der Waals surface area contributed by atoms with Crippen molar-refractivity contribution in [3.05, 3.63) is 0 Å². The van der Waals surface area contributed by atoms with Crippen LogP contribution in [-0.4, -0.2) is 47.8 Å². The molecule has 1 rings (SSSR count). The molecule has 4 nitrogen and oxygen atoms in total. The fourth-order valence-corrected chi connectivity index (χ4v) is 1.43. The summed E-state index contributed by atoms with van der Waals surface area (Å²) in [5.41, 5.74) is -0.807. The molecule has 0 aromatic heterocycles. The molecule has 0 spiro atoms. The molecule has 0 bridgehead atoms. The van der Waals surface area contributed by atoms with Gasteiger partial charge >= 0.3 is 5.97 Å². The molecule has 0 amide bonds. The Hall–Kier alpha value is -0.610. The van der Waals surface area contributed by atoms with Gasteiger partial charge in [-0.25, -0.2) is 0 Å². The van der Waals surface area contributed by atoms with Crippen LogP contribution < -0.4 is 0 Å². The average molecular weight is 187 g/mol. The van der Waals surface area contributed by atoms with E-state index in [4.69, 9.17) is 9.84 Å². The smallest absolute Gasteiger partial charge is 0.323 e. The standard InChI is InChI=1S/C9H17NO3/c1-9(2,8(11)12)10(3)7-4-5-13-6-7/h7H,4-6H2,1-3H3,(H,11,12). The summed E-state index contributed by atoms with van der Waals surface area (Å²) in [5.74, 6) is -0.790. The Bertz CT molecular complexity index is 197. The lowest BCUT2D eigenvalue weighted by Crippen LogP contribution is -2.52. The number of aliphatic carboxylic acids is 1. The van der Waals surface area contributed by atoms with Gasteiger partial charge in [0.25, 0.3) is 0 Å². The van der Waals surface area contributed by atoms with E-state index in [2.05, 4.69) is 0 Å². The summed E-state index contributed by atoms with van der Waals surface area (Å²) in [6, 6.07) is 0.242. The Morgan fingerprint density at radius 2 is 2.23 bits per heavy atom. The third-order valence-electron chi connectivity index (χ3n) is 2.86. The van der Waals surface area contributed by atoms with Crippen LogP contribution in [0.4, 0.5) is 0 Å². The lowest BCUT2D eigenvalue weighted by Gasteiger charge is -2.35. The second-order valence-electron chi connectivity index (χ2n) is 3.99. The molecular weight excluding hydrogens is 170 g/mol. The molecule has 0 radical (unpaired) electrons. The van der Waals surface area contributed by atoms with Gasteiger partial charge in [-0.15, -0.1) is 0 Å². The first kappa shape index (κ1) is 10.5. The van der Waals surface area contributed by atoms with E-state index in [0.29, 0.717) is 6.61 Å². The molecular formula is C9H17NO3. The maximum Gasteiger partial charge on any atom is 0.323 e. The van der Waals surface area contributed by atoms with Crippen molar-refractivity contribution in [2.75, 3.05) is 20.3 Å².